The number of hydrogen-bond donors (Lipinski definition) is 1. The third-order valence-corrected chi connectivity index (χ3v) is 4.40. The number of oxime groups is 1. The van der Waals surface area contributed by atoms with Crippen LogP contribution in [0.5, 0.6) is 0 Å². The lowest BCUT2D eigenvalue weighted by atomic mass is 10.00. The zero-order valence-electron chi connectivity index (χ0n) is 8.47. The van der Waals surface area contributed by atoms with Crippen LogP contribution in [0.25, 0.3) is 0 Å². The van der Waals surface area contributed by atoms with Gasteiger partial charge in [0, 0.05) is 25.4 Å². The van der Waals surface area contributed by atoms with Gasteiger partial charge in [-0.2, -0.15) is 0 Å². The molecule has 0 aliphatic carbocycles. The van der Waals surface area contributed by atoms with E-state index < -0.39 is 10.0 Å². The second-order valence-corrected chi connectivity index (χ2v) is 5.76. The predicted octanol–water partition coefficient (Wildman–Crippen LogP) is 0.508. The molecule has 0 spiro atoms. The van der Waals surface area contributed by atoms with Gasteiger partial charge in [0.25, 0.3) is 0 Å². The minimum Gasteiger partial charge on any atom is -0.411 e. The molecule has 1 atom stereocenters. The molecule has 0 saturated carbocycles. The van der Waals surface area contributed by atoms with Crippen molar-refractivity contribution in [1.29, 1.82) is 0 Å². The van der Waals surface area contributed by atoms with E-state index in [1.807, 2.05) is 6.92 Å². The van der Waals surface area contributed by atoms with Gasteiger partial charge in [0.1, 0.15) is 0 Å². The lowest BCUT2D eigenvalue weighted by Gasteiger charge is -2.30. The van der Waals surface area contributed by atoms with Gasteiger partial charge in [0.15, 0.2) is 0 Å². The summed E-state index contributed by atoms with van der Waals surface area (Å²) in [6.07, 6.45) is 0.525. The third-order valence-electron chi connectivity index (χ3n) is 2.55. The Morgan fingerprint density at radius 1 is 1.64 bits per heavy atom. The van der Waals surface area contributed by atoms with E-state index in [1.54, 1.807) is 6.92 Å². The number of rotatable bonds is 2. The first-order valence-corrected chi connectivity index (χ1v) is 6.30. The summed E-state index contributed by atoms with van der Waals surface area (Å²) in [6, 6.07) is 0. The molecule has 1 saturated heterocycles. The quantitative estimate of drug-likeness (QED) is 0.544. The van der Waals surface area contributed by atoms with Gasteiger partial charge in [-0.15, -0.1) is 0 Å². The van der Waals surface area contributed by atoms with Gasteiger partial charge < -0.3 is 5.21 Å². The smallest absolute Gasteiger partial charge is 0.213 e. The predicted molar refractivity (Wildman–Crippen MR) is 54.0 cm³/mol. The molecule has 1 aliphatic rings. The van der Waals surface area contributed by atoms with Crippen molar-refractivity contribution in [3.63, 3.8) is 0 Å². The molecule has 1 fully saturated rings. The highest BCUT2D eigenvalue weighted by atomic mass is 32.2. The molecule has 0 aromatic carbocycles. The van der Waals surface area contributed by atoms with Crippen LogP contribution in [-0.4, -0.2) is 42.5 Å². The molecule has 6 heteroatoms. The van der Waals surface area contributed by atoms with Crippen molar-refractivity contribution in [1.82, 2.24) is 4.31 Å². The van der Waals surface area contributed by atoms with Crippen molar-refractivity contribution in [3.8, 4) is 0 Å². The van der Waals surface area contributed by atoms with Crippen molar-refractivity contribution in [3.05, 3.63) is 0 Å². The van der Waals surface area contributed by atoms with E-state index in [9.17, 15) is 8.42 Å². The van der Waals surface area contributed by atoms with Crippen molar-refractivity contribution in [2.45, 2.75) is 20.3 Å². The summed E-state index contributed by atoms with van der Waals surface area (Å²) in [7, 11) is -3.09. The minimum atomic E-state index is -3.09. The molecule has 5 nitrogen and oxygen atoms in total. The van der Waals surface area contributed by atoms with Gasteiger partial charge >= 0.3 is 0 Å². The molecule has 82 valence electrons. The average molecular weight is 220 g/mol. The van der Waals surface area contributed by atoms with Crippen molar-refractivity contribution < 1.29 is 13.6 Å². The topological polar surface area (TPSA) is 70.0 Å². The van der Waals surface area contributed by atoms with Crippen molar-refractivity contribution in [2.75, 3.05) is 18.8 Å². The van der Waals surface area contributed by atoms with Gasteiger partial charge in [-0.25, -0.2) is 12.7 Å². The van der Waals surface area contributed by atoms with Crippen LogP contribution >= 0.6 is 0 Å². The van der Waals surface area contributed by atoms with E-state index in [4.69, 9.17) is 5.21 Å². The van der Waals surface area contributed by atoms with Crippen LogP contribution in [0.15, 0.2) is 5.16 Å². The normalized spacial score (nSPS) is 28.1. The Balaban J connectivity index is 2.73. The average Bonchev–Trinajstić information content (AvgIpc) is 2.17. The SMILES string of the molecule is CCS(=O)(=O)N1CCC(=NO)C(C)C1. The van der Waals surface area contributed by atoms with Gasteiger partial charge in [-0.3, -0.25) is 0 Å². The first-order chi connectivity index (χ1) is 6.51. The second kappa shape index (κ2) is 4.27. The molecule has 0 aromatic heterocycles. The van der Waals surface area contributed by atoms with Crippen molar-refractivity contribution in [2.24, 2.45) is 11.1 Å². The van der Waals surface area contributed by atoms with E-state index in [1.165, 1.54) is 4.31 Å². The third kappa shape index (κ3) is 2.24. The highest BCUT2D eigenvalue weighted by Crippen LogP contribution is 2.16. The number of nitrogens with zero attached hydrogens (tertiary/aromatic N) is 2. The van der Waals surface area contributed by atoms with E-state index in [-0.39, 0.29) is 11.7 Å². The summed E-state index contributed by atoms with van der Waals surface area (Å²) in [5.74, 6) is 0.140. The molecule has 14 heavy (non-hydrogen) atoms. The zero-order chi connectivity index (χ0) is 10.8. The molecular formula is C8H16N2O3S. The van der Waals surface area contributed by atoms with E-state index in [0.29, 0.717) is 25.2 Å². The maximum absolute atomic E-state index is 11.5. The van der Waals surface area contributed by atoms with Crippen LogP contribution in [0.3, 0.4) is 0 Å². The molecule has 1 heterocycles. The molecule has 1 unspecified atom stereocenters. The monoisotopic (exact) mass is 220 g/mol. The van der Waals surface area contributed by atoms with Crippen LogP contribution < -0.4 is 0 Å². The van der Waals surface area contributed by atoms with Gasteiger partial charge in [0.05, 0.1) is 11.5 Å². The van der Waals surface area contributed by atoms with E-state index in [0.717, 1.165) is 0 Å². The van der Waals surface area contributed by atoms with Crippen LogP contribution in [-0.2, 0) is 10.0 Å². The fourth-order valence-corrected chi connectivity index (χ4v) is 2.76. The largest absolute Gasteiger partial charge is 0.411 e. The Morgan fingerprint density at radius 3 is 2.71 bits per heavy atom. The number of piperidine rings is 1. The summed E-state index contributed by atoms with van der Waals surface area (Å²) in [5, 5.41) is 11.8. The molecular weight excluding hydrogens is 204 g/mol. The highest BCUT2D eigenvalue weighted by molar-refractivity contribution is 7.89. The summed E-state index contributed by atoms with van der Waals surface area (Å²) in [6.45, 7) is 4.36. The molecule has 0 radical (unpaired) electrons. The van der Waals surface area contributed by atoms with Crippen LogP contribution in [0.2, 0.25) is 0 Å². The van der Waals surface area contributed by atoms with Gasteiger partial charge in [0.2, 0.25) is 10.0 Å². The Morgan fingerprint density at radius 2 is 2.29 bits per heavy atom. The van der Waals surface area contributed by atoms with Crippen molar-refractivity contribution >= 4 is 15.7 Å². The second-order valence-electron chi connectivity index (χ2n) is 3.50. The maximum Gasteiger partial charge on any atom is 0.213 e. The standard InChI is InChI=1S/C8H16N2O3S/c1-3-14(12,13)10-5-4-8(9-11)7(2)6-10/h7,11H,3-6H2,1-2H3. The van der Waals surface area contributed by atoms with Gasteiger partial charge in [-0.05, 0) is 6.92 Å². The molecule has 0 bridgehead atoms. The summed E-state index contributed by atoms with van der Waals surface area (Å²) in [4.78, 5) is 0. The summed E-state index contributed by atoms with van der Waals surface area (Å²) in [5.41, 5.74) is 0.688. The number of hydrogen-bond acceptors (Lipinski definition) is 4. The van der Waals surface area contributed by atoms with Gasteiger partial charge in [-0.1, -0.05) is 12.1 Å². The maximum atomic E-state index is 11.5. The highest BCUT2D eigenvalue weighted by Gasteiger charge is 2.29. The zero-order valence-corrected chi connectivity index (χ0v) is 9.29. The van der Waals surface area contributed by atoms with Crippen LogP contribution in [0.4, 0.5) is 0 Å². The Hall–Kier alpha value is -0.620. The fourth-order valence-electron chi connectivity index (χ4n) is 1.57. The van der Waals surface area contributed by atoms with Crippen LogP contribution in [0.1, 0.15) is 20.3 Å². The Kier molecular flexibility index (Phi) is 3.49. The first-order valence-electron chi connectivity index (χ1n) is 4.70. The van der Waals surface area contributed by atoms with Crippen LogP contribution in [0, 0.1) is 5.92 Å². The number of sulfonamides is 1. The summed E-state index contributed by atoms with van der Waals surface area (Å²) < 4.78 is 24.5. The lowest BCUT2D eigenvalue weighted by molar-refractivity contribution is 0.300. The lowest BCUT2D eigenvalue weighted by Crippen LogP contribution is -2.43. The minimum absolute atomic E-state index is 0.00933. The summed E-state index contributed by atoms with van der Waals surface area (Å²) >= 11 is 0. The molecule has 1 rings (SSSR count). The molecule has 0 aromatic rings. The Labute approximate surface area is 84.5 Å². The first kappa shape index (κ1) is 11.5. The van der Waals surface area contributed by atoms with E-state index >= 15 is 0 Å². The fraction of sp³-hybridized carbons (Fsp3) is 0.875. The molecule has 0 amide bonds. The molecule has 1 N–H and O–H groups in total. The van der Waals surface area contributed by atoms with E-state index in [2.05, 4.69) is 5.16 Å². The molecule has 1 aliphatic heterocycles. The Bertz CT molecular complexity index is 323.